The Morgan fingerprint density at radius 2 is 1.75 bits per heavy atom. The Labute approximate surface area is 167 Å². The average molecular weight is 395 g/mol. The Hall–Kier alpha value is -0.970. The van der Waals surface area contributed by atoms with E-state index in [4.69, 9.17) is 4.74 Å². The van der Waals surface area contributed by atoms with Crippen LogP contribution in [-0.2, 0) is 14.3 Å². The summed E-state index contributed by atoms with van der Waals surface area (Å²) in [6.07, 6.45) is 4.09. The maximum atomic E-state index is 15.6. The molecule has 0 aliphatic heterocycles. The molecule has 9 atom stereocenters. The van der Waals surface area contributed by atoms with E-state index in [0.717, 1.165) is 25.7 Å². The molecule has 0 aromatic rings. The van der Waals surface area contributed by atoms with Gasteiger partial charge in [-0.1, -0.05) is 13.8 Å². The molecule has 0 aromatic carbocycles. The van der Waals surface area contributed by atoms with Gasteiger partial charge in [-0.25, -0.2) is 4.39 Å². The van der Waals surface area contributed by atoms with Crippen molar-refractivity contribution >= 4 is 11.8 Å². The first-order chi connectivity index (χ1) is 13.0. The summed E-state index contributed by atoms with van der Waals surface area (Å²) in [4.78, 5) is 23.6. The van der Waals surface area contributed by atoms with E-state index in [-0.39, 0.29) is 41.3 Å². The standard InChI is InChI=1S/C23H35FO4/c1-13(25)17-5-6-18-16-11-20(24)23(27)12-15(28-14(2)26)7-10-22(23,4)19(16)8-9-21(17,18)3/h15-20,27H,5-12H2,1-4H3/t15-,16-,17+,18-,19-,20+,21-,22-,23+/m1/s1. The van der Waals surface area contributed by atoms with Gasteiger partial charge in [0, 0.05) is 24.7 Å². The molecule has 0 spiro atoms. The summed E-state index contributed by atoms with van der Waals surface area (Å²) in [5.41, 5.74) is -1.95. The van der Waals surface area contributed by atoms with Crippen molar-refractivity contribution in [1.29, 1.82) is 0 Å². The molecule has 5 heteroatoms. The first kappa shape index (κ1) is 20.3. The van der Waals surface area contributed by atoms with Gasteiger partial charge in [0.25, 0.3) is 0 Å². The second-order valence-electron chi connectivity index (χ2n) is 10.7. The molecule has 4 saturated carbocycles. The van der Waals surface area contributed by atoms with E-state index >= 15 is 4.39 Å². The Kier molecular flexibility index (Phi) is 4.73. The number of fused-ring (bicyclic) bond motifs is 5. The van der Waals surface area contributed by atoms with Crippen molar-refractivity contribution in [2.75, 3.05) is 0 Å². The van der Waals surface area contributed by atoms with Crippen molar-refractivity contribution in [2.45, 2.75) is 96.9 Å². The minimum Gasteiger partial charge on any atom is -0.462 e. The molecule has 0 saturated heterocycles. The number of hydrogen-bond acceptors (Lipinski definition) is 4. The summed E-state index contributed by atoms with van der Waals surface area (Å²) in [5.74, 6) is 0.882. The highest BCUT2D eigenvalue weighted by Crippen LogP contribution is 2.68. The fourth-order valence-corrected chi connectivity index (χ4v) is 8.20. The monoisotopic (exact) mass is 394 g/mol. The van der Waals surface area contributed by atoms with E-state index in [1.165, 1.54) is 6.92 Å². The molecule has 4 aliphatic carbocycles. The summed E-state index contributed by atoms with van der Waals surface area (Å²) in [5, 5.41) is 11.6. The highest BCUT2D eigenvalue weighted by molar-refractivity contribution is 5.79. The normalized spacial score (nSPS) is 52.9. The van der Waals surface area contributed by atoms with Crippen LogP contribution in [0.25, 0.3) is 0 Å². The Morgan fingerprint density at radius 3 is 2.39 bits per heavy atom. The van der Waals surface area contributed by atoms with Crippen LogP contribution in [0, 0.1) is 34.5 Å². The van der Waals surface area contributed by atoms with Crippen LogP contribution >= 0.6 is 0 Å². The molecular formula is C23H35FO4. The van der Waals surface area contributed by atoms with Crippen molar-refractivity contribution in [3.05, 3.63) is 0 Å². The molecule has 4 aliphatic rings. The highest BCUT2D eigenvalue weighted by Gasteiger charge is 2.68. The molecule has 28 heavy (non-hydrogen) atoms. The number of ketones is 1. The van der Waals surface area contributed by atoms with Crippen LogP contribution in [0.1, 0.15) is 79.1 Å². The number of esters is 1. The van der Waals surface area contributed by atoms with Gasteiger partial charge in [-0.05, 0) is 75.0 Å². The Morgan fingerprint density at radius 1 is 1.04 bits per heavy atom. The van der Waals surface area contributed by atoms with Crippen molar-refractivity contribution < 1.29 is 23.8 Å². The quantitative estimate of drug-likeness (QED) is 0.712. The molecule has 4 rings (SSSR count). The fourth-order valence-electron chi connectivity index (χ4n) is 8.20. The molecule has 0 heterocycles. The van der Waals surface area contributed by atoms with Gasteiger partial charge in [0.1, 0.15) is 23.7 Å². The maximum absolute atomic E-state index is 15.6. The third-order valence-corrected chi connectivity index (χ3v) is 9.59. The van der Waals surface area contributed by atoms with E-state index in [2.05, 4.69) is 13.8 Å². The molecule has 0 amide bonds. The minimum atomic E-state index is -1.43. The van der Waals surface area contributed by atoms with Gasteiger partial charge >= 0.3 is 5.97 Å². The molecule has 4 fully saturated rings. The van der Waals surface area contributed by atoms with Crippen molar-refractivity contribution in [3.8, 4) is 0 Å². The van der Waals surface area contributed by atoms with Crippen LogP contribution in [-0.4, -0.2) is 34.7 Å². The van der Waals surface area contributed by atoms with Gasteiger partial charge in [0.15, 0.2) is 0 Å². The number of ether oxygens (including phenoxy) is 1. The summed E-state index contributed by atoms with van der Waals surface area (Å²) < 4.78 is 21.0. The summed E-state index contributed by atoms with van der Waals surface area (Å²) >= 11 is 0. The topological polar surface area (TPSA) is 63.6 Å². The number of carbonyl (C=O) groups is 2. The van der Waals surface area contributed by atoms with Crippen molar-refractivity contribution in [2.24, 2.45) is 34.5 Å². The summed E-state index contributed by atoms with van der Waals surface area (Å²) in [6, 6.07) is 0. The maximum Gasteiger partial charge on any atom is 0.302 e. The summed E-state index contributed by atoms with van der Waals surface area (Å²) in [7, 11) is 0. The number of aliphatic hydroxyl groups is 1. The highest BCUT2D eigenvalue weighted by atomic mass is 19.1. The van der Waals surface area contributed by atoms with Crippen LogP contribution < -0.4 is 0 Å². The summed E-state index contributed by atoms with van der Waals surface area (Å²) in [6.45, 7) is 7.40. The zero-order valence-electron chi connectivity index (χ0n) is 17.7. The van der Waals surface area contributed by atoms with Crippen LogP contribution in [0.3, 0.4) is 0 Å². The molecular weight excluding hydrogens is 359 g/mol. The van der Waals surface area contributed by atoms with Crippen LogP contribution in [0.2, 0.25) is 0 Å². The second-order valence-corrected chi connectivity index (χ2v) is 10.7. The van der Waals surface area contributed by atoms with Gasteiger partial charge in [0.2, 0.25) is 0 Å². The molecule has 1 N–H and O–H groups in total. The lowest BCUT2D eigenvalue weighted by Crippen LogP contribution is -2.67. The lowest BCUT2D eigenvalue weighted by Gasteiger charge is -2.64. The Balaban J connectivity index is 1.63. The number of alkyl halides is 1. The van der Waals surface area contributed by atoms with Crippen molar-refractivity contribution in [1.82, 2.24) is 0 Å². The number of Topliss-reactive ketones (excluding diaryl/α,β-unsaturated/α-hetero) is 1. The largest absolute Gasteiger partial charge is 0.462 e. The van der Waals surface area contributed by atoms with Gasteiger partial charge in [0.05, 0.1) is 0 Å². The molecule has 4 nitrogen and oxygen atoms in total. The fraction of sp³-hybridized carbons (Fsp3) is 0.913. The van der Waals surface area contributed by atoms with Crippen LogP contribution in [0.4, 0.5) is 4.39 Å². The molecule has 0 unspecified atom stereocenters. The van der Waals surface area contributed by atoms with Gasteiger partial charge in [-0.3, -0.25) is 9.59 Å². The first-order valence-electron chi connectivity index (χ1n) is 11.1. The smallest absolute Gasteiger partial charge is 0.302 e. The lowest BCUT2D eigenvalue weighted by atomic mass is 9.42. The zero-order chi connectivity index (χ0) is 20.5. The predicted molar refractivity (Wildman–Crippen MR) is 103 cm³/mol. The predicted octanol–water partition coefficient (Wildman–Crippen LogP) is 4.23. The van der Waals surface area contributed by atoms with E-state index in [0.29, 0.717) is 25.2 Å². The molecule has 0 radical (unpaired) electrons. The molecule has 0 bridgehead atoms. The number of halogens is 1. The van der Waals surface area contributed by atoms with E-state index in [9.17, 15) is 14.7 Å². The van der Waals surface area contributed by atoms with Gasteiger partial charge in [-0.2, -0.15) is 0 Å². The first-order valence-corrected chi connectivity index (χ1v) is 11.1. The van der Waals surface area contributed by atoms with Crippen LogP contribution in [0.15, 0.2) is 0 Å². The van der Waals surface area contributed by atoms with Crippen LogP contribution in [0.5, 0.6) is 0 Å². The number of rotatable bonds is 2. The third-order valence-electron chi connectivity index (χ3n) is 9.59. The van der Waals surface area contributed by atoms with E-state index < -0.39 is 23.3 Å². The average Bonchev–Trinajstić information content (AvgIpc) is 2.95. The third kappa shape index (κ3) is 2.64. The number of carbonyl (C=O) groups excluding carboxylic acids is 2. The SMILES string of the molecule is CC(=O)O[C@@H]1CC[C@]2(C)[C@@H]3CC[C@@]4(C)[C@H](CC[C@H]4C(C)=O)[C@H]3C[C@H](F)[C@@]2(O)C1. The molecule has 158 valence electrons. The zero-order valence-corrected chi connectivity index (χ0v) is 17.7. The van der Waals surface area contributed by atoms with Crippen molar-refractivity contribution in [3.63, 3.8) is 0 Å². The van der Waals surface area contributed by atoms with Gasteiger partial charge < -0.3 is 9.84 Å². The number of hydrogen-bond donors (Lipinski definition) is 1. The Bertz CT molecular complexity index is 680. The van der Waals surface area contributed by atoms with Gasteiger partial charge in [-0.15, -0.1) is 0 Å². The molecule has 0 aromatic heterocycles. The minimum absolute atomic E-state index is 0.0204. The second kappa shape index (κ2) is 6.52. The lowest BCUT2D eigenvalue weighted by molar-refractivity contribution is -0.251. The van der Waals surface area contributed by atoms with E-state index in [1.54, 1.807) is 6.92 Å². The van der Waals surface area contributed by atoms with E-state index in [1.807, 2.05) is 0 Å².